The number of anilines is 1. The van der Waals surface area contributed by atoms with Crippen LogP contribution in [0.15, 0.2) is 49.1 Å². The van der Waals surface area contributed by atoms with E-state index >= 15 is 0 Å². The van der Waals surface area contributed by atoms with Gasteiger partial charge in [-0.3, -0.25) is 4.79 Å². The van der Waals surface area contributed by atoms with Gasteiger partial charge in [0.05, 0.1) is 14.2 Å². The molecule has 0 fully saturated rings. The van der Waals surface area contributed by atoms with Crippen molar-refractivity contribution in [3.63, 3.8) is 0 Å². The summed E-state index contributed by atoms with van der Waals surface area (Å²) in [4.78, 5) is 12.8. The van der Waals surface area contributed by atoms with E-state index in [1.54, 1.807) is 43.1 Å². The molecule has 0 saturated heterocycles. The third-order valence-corrected chi connectivity index (χ3v) is 4.18. The van der Waals surface area contributed by atoms with Gasteiger partial charge in [-0.15, -0.1) is 11.7 Å². The molecule has 3 aromatic rings. The van der Waals surface area contributed by atoms with Gasteiger partial charge in [0.15, 0.2) is 17.3 Å². The van der Waals surface area contributed by atoms with Crippen LogP contribution >= 0.6 is 0 Å². The van der Waals surface area contributed by atoms with Crippen LogP contribution in [0, 0.1) is 0 Å². The lowest BCUT2D eigenvalue weighted by Gasteiger charge is -2.14. The molecule has 1 aromatic heterocycles. The normalized spacial score (nSPS) is 10.4. The highest BCUT2D eigenvalue weighted by atomic mass is 16.5. The Morgan fingerprint density at radius 2 is 2.07 bits per heavy atom. The van der Waals surface area contributed by atoms with Crippen LogP contribution in [-0.4, -0.2) is 40.3 Å². The van der Waals surface area contributed by atoms with Gasteiger partial charge in [-0.1, -0.05) is 18.2 Å². The first kappa shape index (κ1) is 19.1. The molecule has 1 heterocycles. The van der Waals surface area contributed by atoms with Gasteiger partial charge in [-0.05, 0) is 41.1 Å². The molecule has 0 atom stereocenters. The lowest BCUT2D eigenvalue weighted by Crippen LogP contribution is -2.13. The summed E-state index contributed by atoms with van der Waals surface area (Å²) in [6, 6.07) is 10.7. The van der Waals surface area contributed by atoms with Gasteiger partial charge in [0, 0.05) is 29.4 Å². The third kappa shape index (κ3) is 3.85. The molecule has 0 bridgehead atoms. The number of ether oxygens (including phenoxy) is 2. The second kappa shape index (κ2) is 8.34. The quantitative estimate of drug-likeness (QED) is 0.635. The highest BCUT2D eigenvalue weighted by Crippen LogP contribution is 2.33. The Hall–Kier alpha value is -3.68. The molecule has 0 aliphatic carbocycles. The zero-order valence-electron chi connectivity index (χ0n) is 16.0. The number of allylic oxidation sites excluding steroid dienone is 1. The predicted molar refractivity (Wildman–Crippen MR) is 106 cm³/mol. The van der Waals surface area contributed by atoms with Crippen molar-refractivity contribution >= 4 is 11.6 Å². The van der Waals surface area contributed by atoms with Crippen LogP contribution in [0.5, 0.6) is 11.5 Å². The van der Waals surface area contributed by atoms with Crippen LogP contribution in [0.1, 0.15) is 15.9 Å². The first-order chi connectivity index (χ1) is 13.6. The van der Waals surface area contributed by atoms with Crippen molar-refractivity contribution in [2.45, 2.75) is 6.42 Å². The van der Waals surface area contributed by atoms with Gasteiger partial charge in [-0.25, -0.2) is 4.68 Å². The maximum Gasteiger partial charge on any atom is 0.255 e. The van der Waals surface area contributed by atoms with E-state index in [0.717, 1.165) is 11.1 Å². The maximum atomic E-state index is 12.8. The molecular formula is C20H21N5O3. The van der Waals surface area contributed by atoms with Crippen molar-refractivity contribution in [1.82, 2.24) is 20.2 Å². The molecule has 8 nitrogen and oxygen atoms in total. The van der Waals surface area contributed by atoms with E-state index in [0.29, 0.717) is 35.0 Å². The van der Waals surface area contributed by atoms with E-state index in [1.807, 2.05) is 18.2 Å². The van der Waals surface area contributed by atoms with Crippen molar-refractivity contribution < 1.29 is 14.3 Å². The van der Waals surface area contributed by atoms with Crippen LogP contribution in [0.4, 0.5) is 5.69 Å². The number of carbonyl (C=O) groups is 1. The van der Waals surface area contributed by atoms with Crippen LogP contribution in [0.3, 0.4) is 0 Å². The smallest absolute Gasteiger partial charge is 0.255 e. The number of amides is 1. The maximum absolute atomic E-state index is 12.8. The standard InChI is InChI=1S/C20H21N5O3/c1-5-7-13-10-15(12-17(27-3)18(13)28-4)20(26)21-16-9-6-8-14(11-16)19-22-23-24-25(19)2/h5-6,8-12H,1,7H2,2-4H3,(H,21,26). The average Bonchev–Trinajstić information content (AvgIpc) is 3.13. The number of benzene rings is 2. The molecule has 1 amide bonds. The topological polar surface area (TPSA) is 91.2 Å². The van der Waals surface area contributed by atoms with Gasteiger partial charge in [0.2, 0.25) is 0 Å². The molecule has 2 aromatic carbocycles. The van der Waals surface area contributed by atoms with E-state index in [2.05, 4.69) is 27.4 Å². The summed E-state index contributed by atoms with van der Waals surface area (Å²) in [5.74, 6) is 1.43. The van der Waals surface area contributed by atoms with Crippen molar-refractivity contribution in [2.24, 2.45) is 7.05 Å². The second-order valence-electron chi connectivity index (χ2n) is 6.02. The molecule has 0 saturated carbocycles. The average molecular weight is 379 g/mol. The first-order valence-corrected chi connectivity index (χ1v) is 8.57. The fraction of sp³-hybridized carbons (Fsp3) is 0.200. The van der Waals surface area contributed by atoms with E-state index in [-0.39, 0.29) is 5.91 Å². The van der Waals surface area contributed by atoms with Crippen LogP contribution in [0.25, 0.3) is 11.4 Å². The summed E-state index contributed by atoms with van der Waals surface area (Å²) < 4.78 is 12.4. The minimum absolute atomic E-state index is 0.264. The Morgan fingerprint density at radius 3 is 2.71 bits per heavy atom. The fourth-order valence-electron chi connectivity index (χ4n) is 2.89. The molecule has 3 rings (SSSR count). The number of hydrogen-bond acceptors (Lipinski definition) is 6. The molecule has 0 radical (unpaired) electrons. The Kier molecular flexibility index (Phi) is 5.69. The molecule has 28 heavy (non-hydrogen) atoms. The number of nitrogens with zero attached hydrogens (tertiary/aromatic N) is 4. The van der Waals surface area contributed by atoms with Crippen LogP contribution < -0.4 is 14.8 Å². The summed E-state index contributed by atoms with van der Waals surface area (Å²) in [6.45, 7) is 3.76. The largest absolute Gasteiger partial charge is 0.493 e. The van der Waals surface area contributed by atoms with E-state index < -0.39 is 0 Å². The van der Waals surface area contributed by atoms with Crippen LogP contribution in [-0.2, 0) is 13.5 Å². The Balaban J connectivity index is 1.90. The minimum atomic E-state index is -0.264. The first-order valence-electron chi connectivity index (χ1n) is 8.57. The van der Waals surface area contributed by atoms with Crippen molar-refractivity contribution in [1.29, 1.82) is 0 Å². The lowest BCUT2D eigenvalue weighted by molar-refractivity contribution is 0.102. The molecule has 8 heteroatoms. The number of aryl methyl sites for hydroxylation is 1. The van der Waals surface area contributed by atoms with Crippen molar-refractivity contribution in [2.75, 3.05) is 19.5 Å². The number of tetrazole rings is 1. The monoisotopic (exact) mass is 379 g/mol. The van der Waals surface area contributed by atoms with E-state index in [1.165, 1.54) is 7.11 Å². The predicted octanol–water partition coefficient (Wildman–Crippen LogP) is 2.88. The molecule has 144 valence electrons. The minimum Gasteiger partial charge on any atom is -0.493 e. The summed E-state index contributed by atoms with van der Waals surface area (Å²) in [5, 5.41) is 14.4. The lowest BCUT2D eigenvalue weighted by atomic mass is 10.0. The number of nitrogens with one attached hydrogen (secondary N) is 1. The third-order valence-electron chi connectivity index (χ3n) is 4.18. The molecule has 0 unspecified atom stereocenters. The van der Waals surface area contributed by atoms with Gasteiger partial charge in [0.25, 0.3) is 5.91 Å². The number of hydrogen-bond donors (Lipinski definition) is 1. The number of aromatic nitrogens is 4. The van der Waals surface area contributed by atoms with Crippen molar-refractivity contribution in [3.05, 3.63) is 60.2 Å². The fourth-order valence-corrected chi connectivity index (χ4v) is 2.89. The summed E-state index contributed by atoms with van der Waals surface area (Å²) in [5.41, 5.74) is 2.71. The van der Waals surface area contributed by atoms with E-state index in [9.17, 15) is 4.79 Å². The number of carbonyl (C=O) groups excluding carboxylic acids is 1. The highest BCUT2D eigenvalue weighted by molar-refractivity contribution is 6.05. The van der Waals surface area contributed by atoms with Crippen LogP contribution in [0.2, 0.25) is 0 Å². The molecule has 0 aliphatic rings. The van der Waals surface area contributed by atoms with Gasteiger partial charge >= 0.3 is 0 Å². The number of rotatable bonds is 7. The zero-order valence-corrected chi connectivity index (χ0v) is 16.0. The molecule has 0 spiro atoms. The molecule has 1 N–H and O–H groups in total. The Bertz CT molecular complexity index is 1010. The zero-order chi connectivity index (χ0) is 20.1. The Labute approximate surface area is 162 Å². The Morgan fingerprint density at radius 1 is 1.25 bits per heavy atom. The summed E-state index contributed by atoms with van der Waals surface area (Å²) in [6.07, 6.45) is 2.30. The van der Waals surface area contributed by atoms with Gasteiger partial charge < -0.3 is 14.8 Å². The molecular weight excluding hydrogens is 358 g/mol. The summed E-state index contributed by atoms with van der Waals surface area (Å²) >= 11 is 0. The van der Waals surface area contributed by atoms with Gasteiger partial charge in [-0.2, -0.15) is 0 Å². The highest BCUT2D eigenvalue weighted by Gasteiger charge is 2.16. The van der Waals surface area contributed by atoms with E-state index in [4.69, 9.17) is 9.47 Å². The summed E-state index contributed by atoms with van der Waals surface area (Å²) in [7, 11) is 4.86. The molecule has 0 aliphatic heterocycles. The number of methoxy groups -OCH3 is 2. The van der Waals surface area contributed by atoms with Crippen molar-refractivity contribution in [3.8, 4) is 22.9 Å². The second-order valence-corrected chi connectivity index (χ2v) is 6.02. The SMILES string of the molecule is C=CCc1cc(C(=O)Nc2cccc(-c3nnnn3C)c2)cc(OC)c1OC. The van der Waals surface area contributed by atoms with Gasteiger partial charge in [0.1, 0.15) is 0 Å².